The van der Waals surface area contributed by atoms with Crippen molar-refractivity contribution in [3.63, 3.8) is 0 Å². The van der Waals surface area contributed by atoms with Crippen LogP contribution in [0.15, 0.2) is 40.3 Å². The number of hydrogen-bond donors (Lipinski definition) is 0. The van der Waals surface area contributed by atoms with Crippen LogP contribution in [0.4, 0.5) is 0 Å². The Morgan fingerprint density at radius 1 is 1.21 bits per heavy atom. The Bertz CT molecular complexity index is 378. The first-order chi connectivity index (χ1) is 6.70. The van der Waals surface area contributed by atoms with Gasteiger partial charge in [0.2, 0.25) is 0 Å². The van der Waals surface area contributed by atoms with E-state index in [9.17, 15) is 0 Å². The van der Waals surface area contributed by atoms with Gasteiger partial charge >= 0.3 is 0 Å². The highest BCUT2D eigenvalue weighted by Gasteiger charge is 1.90. The molecule has 14 heavy (non-hydrogen) atoms. The van der Waals surface area contributed by atoms with Crippen molar-refractivity contribution in [2.24, 2.45) is 0 Å². The molecule has 0 unspecified atom stereocenters. The molecule has 2 heteroatoms. The molecule has 0 saturated heterocycles. The summed E-state index contributed by atoms with van der Waals surface area (Å²) in [7, 11) is 0. The highest BCUT2D eigenvalue weighted by Crippen LogP contribution is 2.19. The third-order valence-corrected chi connectivity index (χ3v) is 2.87. The Hall–Kier alpha value is -0.840. The van der Waals surface area contributed by atoms with E-state index in [-0.39, 0.29) is 0 Å². The molecule has 0 nitrogen and oxygen atoms in total. The van der Waals surface area contributed by atoms with Crippen LogP contribution in [-0.4, -0.2) is 0 Å². The summed E-state index contributed by atoms with van der Waals surface area (Å²) >= 11 is 7.27. The zero-order valence-electron chi connectivity index (χ0n) is 8.17. The zero-order valence-corrected chi connectivity index (χ0v) is 9.75. The third kappa shape index (κ3) is 3.91. The fraction of sp³-hybridized carbons (Fsp3) is 0.167. The van der Waals surface area contributed by atoms with E-state index in [4.69, 9.17) is 11.6 Å². The third-order valence-electron chi connectivity index (χ3n) is 1.66. The van der Waals surface area contributed by atoms with E-state index in [1.54, 1.807) is 0 Å². The first-order valence-electron chi connectivity index (χ1n) is 4.26. The van der Waals surface area contributed by atoms with Crippen LogP contribution in [0.3, 0.4) is 0 Å². The average molecular weight is 223 g/mol. The molecule has 72 valence electrons. The molecule has 0 saturated carbocycles. The Labute approximate surface area is 94.4 Å². The summed E-state index contributed by atoms with van der Waals surface area (Å²) in [5.41, 5.74) is 1.03. The van der Waals surface area contributed by atoms with Gasteiger partial charge in [-0.05, 0) is 43.0 Å². The fourth-order valence-corrected chi connectivity index (χ4v) is 1.33. The molecule has 0 bridgehead atoms. The second-order valence-corrected chi connectivity index (χ2v) is 4.37. The SMILES string of the molecule is C/C(Cl)=C(\C)SC#Cc1ccccc1. The molecule has 0 aliphatic rings. The predicted molar refractivity (Wildman–Crippen MR) is 65.1 cm³/mol. The number of halogens is 1. The van der Waals surface area contributed by atoms with Gasteiger partial charge in [0.25, 0.3) is 0 Å². The van der Waals surface area contributed by atoms with Gasteiger partial charge in [-0.1, -0.05) is 35.7 Å². The van der Waals surface area contributed by atoms with Crippen molar-refractivity contribution in [1.29, 1.82) is 0 Å². The lowest BCUT2D eigenvalue weighted by Crippen LogP contribution is -1.70. The molecule has 0 aliphatic carbocycles. The monoisotopic (exact) mass is 222 g/mol. The second kappa shape index (κ2) is 5.80. The Balaban J connectivity index is 2.63. The molecule has 0 heterocycles. The summed E-state index contributed by atoms with van der Waals surface area (Å²) in [4.78, 5) is 1.05. The Morgan fingerprint density at radius 2 is 1.86 bits per heavy atom. The van der Waals surface area contributed by atoms with Gasteiger partial charge in [-0.2, -0.15) is 0 Å². The molecule has 0 N–H and O–H groups in total. The summed E-state index contributed by atoms with van der Waals surface area (Å²) in [6.45, 7) is 3.83. The van der Waals surface area contributed by atoms with Crippen LogP contribution in [-0.2, 0) is 0 Å². The van der Waals surface area contributed by atoms with Gasteiger partial charge in [-0.15, -0.1) is 0 Å². The van der Waals surface area contributed by atoms with Gasteiger partial charge in [-0.25, -0.2) is 0 Å². The van der Waals surface area contributed by atoms with Crippen molar-refractivity contribution in [3.05, 3.63) is 45.8 Å². The lowest BCUT2D eigenvalue weighted by atomic mass is 10.2. The van der Waals surface area contributed by atoms with Crippen molar-refractivity contribution >= 4 is 23.4 Å². The molecule has 0 radical (unpaired) electrons. The first-order valence-corrected chi connectivity index (χ1v) is 5.45. The molecule has 0 atom stereocenters. The minimum Gasteiger partial charge on any atom is -0.0886 e. The highest BCUT2D eigenvalue weighted by molar-refractivity contribution is 8.07. The maximum atomic E-state index is 5.80. The molecule has 0 aromatic heterocycles. The van der Waals surface area contributed by atoms with E-state index in [0.29, 0.717) is 0 Å². The van der Waals surface area contributed by atoms with Crippen LogP contribution >= 0.6 is 23.4 Å². The molecular formula is C12H11ClS. The summed E-state index contributed by atoms with van der Waals surface area (Å²) in [6, 6.07) is 9.90. The lowest BCUT2D eigenvalue weighted by Gasteiger charge is -1.92. The van der Waals surface area contributed by atoms with Gasteiger partial charge in [-0.3, -0.25) is 0 Å². The summed E-state index contributed by atoms with van der Waals surface area (Å²) in [5.74, 6) is 3.05. The summed E-state index contributed by atoms with van der Waals surface area (Å²) in [6.07, 6.45) is 0. The molecule has 1 aromatic carbocycles. The normalized spacial score (nSPS) is 11.4. The maximum Gasteiger partial charge on any atom is 0.0254 e. The predicted octanol–water partition coefficient (Wildman–Crippen LogP) is 4.22. The molecule has 0 fully saturated rings. The van der Waals surface area contributed by atoms with Gasteiger partial charge in [0.1, 0.15) is 0 Å². The summed E-state index contributed by atoms with van der Waals surface area (Å²) in [5, 5.41) is 3.81. The van der Waals surface area contributed by atoms with E-state index in [1.165, 1.54) is 11.8 Å². The van der Waals surface area contributed by atoms with Crippen molar-refractivity contribution in [3.8, 4) is 11.2 Å². The molecule has 0 amide bonds. The second-order valence-electron chi connectivity index (χ2n) is 2.78. The van der Waals surface area contributed by atoms with Gasteiger partial charge in [0, 0.05) is 15.5 Å². The minimum atomic E-state index is 0.803. The number of thioether (sulfide) groups is 1. The van der Waals surface area contributed by atoms with E-state index in [1.807, 2.05) is 44.2 Å². The molecule has 1 aromatic rings. The van der Waals surface area contributed by atoms with Crippen molar-refractivity contribution in [2.45, 2.75) is 13.8 Å². The number of allylic oxidation sites excluding steroid dienone is 2. The Morgan fingerprint density at radius 3 is 2.43 bits per heavy atom. The largest absolute Gasteiger partial charge is 0.0886 e. The topological polar surface area (TPSA) is 0 Å². The minimum absolute atomic E-state index is 0.803. The average Bonchev–Trinajstić information content (AvgIpc) is 2.19. The Kier molecular flexibility index (Phi) is 4.65. The van der Waals surface area contributed by atoms with Crippen LogP contribution in [0.1, 0.15) is 19.4 Å². The zero-order chi connectivity index (χ0) is 10.4. The van der Waals surface area contributed by atoms with Crippen LogP contribution in [0.25, 0.3) is 0 Å². The van der Waals surface area contributed by atoms with Gasteiger partial charge < -0.3 is 0 Å². The van der Waals surface area contributed by atoms with Crippen LogP contribution in [0.5, 0.6) is 0 Å². The van der Waals surface area contributed by atoms with Crippen LogP contribution < -0.4 is 0 Å². The lowest BCUT2D eigenvalue weighted by molar-refractivity contribution is 1.55. The van der Waals surface area contributed by atoms with Crippen molar-refractivity contribution in [1.82, 2.24) is 0 Å². The maximum absolute atomic E-state index is 5.80. The molecule has 1 rings (SSSR count). The van der Waals surface area contributed by atoms with Gasteiger partial charge in [0.15, 0.2) is 0 Å². The van der Waals surface area contributed by atoms with Crippen LogP contribution in [0, 0.1) is 11.2 Å². The number of benzene rings is 1. The van der Waals surface area contributed by atoms with E-state index < -0.39 is 0 Å². The fourth-order valence-electron chi connectivity index (χ4n) is 0.753. The standard InChI is InChI=1S/C12H11ClS/c1-10(13)11(2)14-9-8-12-6-4-3-5-7-12/h3-7H,1-2H3/b11-10-. The first kappa shape index (κ1) is 11.2. The summed E-state index contributed by atoms with van der Waals surface area (Å²) < 4.78 is 0. The van der Waals surface area contributed by atoms with E-state index >= 15 is 0 Å². The number of hydrogen-bond acceptors (Lipinski definition) is 1. The molecule has 0 spiro atoms. The van der Waals surface area contributed by atoms with Crippen LogP contribution in [0.2, 0.25) is 0 Å². The van der Waals surface area contributed by atoms with E-state index in [0.717, 1.165) is 15.5 Å². The van der Waals surface area contributed by atoms with Crippen molar-refractivity contribution in [2.75, 3.05) is 0 Å². The van der Waals surface area contributed by atoms with Gasteiger partial charge in [0.05, 0.1) is 0 Å². The highest BCUT2D eigenvalue weighted by atomic mass is 35.5. The number of rotatable bonds is 1. The molecule has 0 aliphatic heterocycles. The molecular weight excluding hydrogens is 212 g/mol. The van der Waals surface area contributed by atoms with Crippen molar-refractivity contribution < 1.29 is 0 Å². The smallest absolute Gasteiger partial charge is 0.0254 e. The van der Waals surface area contributed by atoms with E-state index in [2.05, 4.69) is 11.2 Å². The quantitative estimate of drug-likeness (QED) is 0.642.